The fourth-order valence-corrected chi connectivity index (χ4v) is 2.08. The largest absolute Gasteiger partial charge is 0.484 e. The molecule has 2 aromatic carbocycles. The summed E-state index contributed by atoms with van der Waals surface area (Å²) >= 11 is 0. The van der Waals surface area contributed by atoms with Crippen LogP contribution in [-0.2, 0) is 9.53 Å². The summed E-state index contributed by atoms with van der Waals surface area (Å²) in [5.41, 5.74) is 0. The van der Waals surface area contributed by atoms with E-state index in [1.807, 2.05) is 42.5 Å². The number of methoxy groups -OCH3 is 1. The molecule has 1 amide bonds. The molecular weight excluding hydrogens is 266 g/mol. The Hall–Kier alpha value is -2.07. The van der Waals surface area contributed by atoms with Gasteiger partial charge in [0.1, 0.15) is 5.75 Å². The minimum absolute atomic E-state index is 0.0285. The zero-order chi connectivity index (χ0) is 15.1. The van der Waals surface area contributed by atoms with Gasteiger partial charge in [0.2, 0.25) is 0 Å². The molecule has 2 aromatic rings. The standard InChI is InChI=1S/C17H21NO3/c1-18(10-5-11-20-2)17(19)13-21-16-9-8-14-6-3-4-7-15(14)12-16/h3-4,6-9,12H,5,10-11,13H2,1-2H3. The van der Waals surface area contributed by atoms with Gasteiger partial charge in [0.25, 0.3) is 5.91 Å². The average Bonchev–Trinajstić information content (AvgIpc) is 2.52. The van der Waals surface area contributed by atoms with Crippen LogP contribution < -0.4 is 4.74 Å². The molecule has 0 aliphatic carbocycles. The maximum absolute atomic E-state index is 11.9. The lowest BCUT2D eigenvalue weighted by Gasteiger charge is -2.17. The van der Waals surface area contributed by atoms with Gasteiger partial charge in [0, 0.05) is 27.3 Å². The number of hydrogen-bond acceptors (Lipinski definition) is 3. The molecule has 0 atom stereocenters. The molecule has 4 nitrogen and oxygen atoms in total. The highest BCUT2D eigenvalue weighted by molar-refractivity contribution is 5.84. The lowest BCUT2D eigenvalue weighted by atomic mass is 10.1. The molecule has 0 unspecified atom stereocenters. The van der Waals surface area contributed by atoms with Crippen molar-refractivity contribution < 1.29 is 14.3 Å². The number of nitrogens with zero attached hydrogens (tertiary/aromatic N) is 1. The molecular formula is C17H21NO3. The second-order valence-electron chi connectivity index (χ2n) is 4.96. The summed E-state index contributed by atoms with van der Waals surface area (Å²) in [6, 6.07) is 13.9. The van der Waals surface area contributed by atoms with Crippen molar-refractivity contribution >= 4 is 16.7 Å². The van der Waals surface area contributed by atoms with Gasteiger partial charge in [0.05, 0.1) is 0 Å². The molecule has 0 heterocycles. The third kappa shape index (κ3) is 4.46. The summed E-state index contributed by atoms with van der Waals surface area (Å²) in [5, 5.41) is 2.27. The van der Waals surface area contributed by atoms with Crippen LogP contribution in [0.15, 0.2) is 42.5 Å². The van der Waals surface area contributed by atoms with E-state index in [0.29, 0.717) is 18.9 Å². The topological polar surface area (TPSA) is 38.8 Å². The lowest BCUT2D eigenvalue weighted by molar-refractivity contribution is -0.132. The number of carbonyl (C=O) groups is 1. The summed E-state index contributed by atoms with van der Waals surface area (Å²) in [6.07, 6.45) is 0.828. The second-order valence-corrected chi connectivity index (χ2v) is 4.96. The van der Waals surface area contributed by atoms with Gasteiger partial charge in [-0.05, 0) is 29.3 Å². The van der Waals surface area contributed by atoms with E-state index in [-0.39, 0.29) is 12.5 Å². The predicted molar refractivity (Wildman–Crippen MR) is 83.6 cm³/mol. The molecule has 112 valence electrons. The van der Waals surface area contributed by atoms with E-state index in [1.165, 1.54) is 0 Å². The van der Waals surface area contributed by atoms with Gasteiger partial charge in [-0.25, -0.2) is 0 Å². The van der Waals surface area contributed by atoms with Crippen molar-refractivity contribution in [1.82, 2.24) is 4.90 Å². The van der Waals surface area contributed by atoms with Crippen LogP contribution in [0.3, 0.4) is 0 Å². The van der Waals surface area contributed by atoms with E-state index >= 15 is 0 Å². The lowest BCUT2D eigenvalue weighted by Crippen LogP contribution is -2.32. The SMILES string of the molecule is COCCCN(C)C(=O)COc1ccc2ccccc2c1. The Kier molecular flexibility index (Phi) is 5.58. The summed E-state index contributed by atoms with van der Waals surface area (Å²) in [5.74, 6) is 0.687. The first-order valence-electron chi connectivity index (χ1n) is 7.05. The molecule has 0 aromatic heterocycles. The smallest absolute Gasteiger partial charge is 0.260 e. The van der Waals surface area contributed by atoms with E-state index in [9.17, 15) is 4.79 Å². The maximum Gasteiger partial charge on any atom is 0.260 e. The van der Waals surface area contributed by atoms with Crippen molar-refractivity contribution in [2.24, 2.45) is 0 Å². The fourth-order valence-electron chi connectivity index (χ4n) is 2.08. The number of benzene rings is 2. The van der Waals surface area contributed by atoms with E-state index in [0.717, 1.165) is 17.2 Å². The van der Waals surface area contributed by atoms with Gasteiger partial charge < -0.3 is 14.4 Å². The van der Waals surface area contributed by atoms with Gasteiger partial charge in [-0.3, -0.25) is 4.79 Å². The minimum atomic E-state index is -0.0285. The van der Waals surface area contributed by atoms with Gasteiger partial charge in [0.15, 0.2) is 6.61 Å². The Balaban J connectivity index is 1.87. The van der Waals surface area contributed by atoms with Crippen LogP contribution in [0.5, 0.6) is 5.75 Å². The monoisotopic (exact) mass is 287 g/mol. The third-order valence-corrected chi connectivity index (χ3v) is 3.35. The van der Waals surface area contributed by atoms with Crippen molar-refractivity contribution in [3.8, 4) is 5.75 Å². The van der Waals surface area contributed by atoms with Crippen LogP contribution in [0.25, 0.3) is 10.8 Å². The molecule has 4 heteroatoms. The normalized spacial score (nSPS) is 10.6. The first kappa shape index (κ1) is 15.3. The summed E-state index contributed by atoms with van der Waals surface area (Å²) in [7, 11) is 3.44. The molecule has 0 N–H and O–H groups in total. The van der Waals surface area contributed by atoms with Crippen LogP contribution in [0, 0.1) is 0 Å². The van der Waals surface area contributed by atoms with Gasteiger partial charge in [-0.2, -0.15) is 0 Å². The van der Waals surface area contributed by atoms with E-state index in [2.05, 4.69) is 0 Å². The van der Waals surface area contributed by atoms with Crippen molar-refractivity contribution in [2.45, 2.75) is 6.42 Å². The molecule has 0 spiro atoms. The summed E-state index contributed by atoms with van der Waals surface area (Å²) < 4.78 is 10.6. The van der Waals surface area contributed by atoms with E-state index < -0.39 is 0 Å². The molecule has 21 heavy (non-hydrogen) atoms. The van der Waals surface area contributed by atoms with Crippen molar-refractivity contribution in [1.29, 1.82) is 0 Å². The Labute approximate surface area is 125 Å². The molecule has 0 aliphatic heterocycles. The fraction of sp³-hybridized carbons (Fsp3) is 0.353. The van der Waals surface area contributed by atoms with Crippen LogP contribution in [0.4, 0.5) is 0 Å². The van der Waals surface area contributed by atoms with Crippen LogP contribution >= 0.6 is 0 Å². The first-order chi connectivity index (χ1) is 10.2. The van der Waals surface area contributed by atoms with E-state index in [1.54, 1.807) is 19.1 Å². The summed E-state index contributed by atoms with van der Waals surface area (Å²) in [6.45, 7) is 1.39. The summed E-state index contributed by atoms with van der Waals surface area (Å²) in [4.78, 5) is 13.6. The van der Waals surface area contributed by atoms with Crippen molar-refractivity contribution in [3.05, 3.63) is 42.5 Å². The molecule has 0 aliphatic rings. The first-order valence-corrected chi connectivity index (χ1v) is 7.05. The second kappa shape index (κ2) is 7.64. The van der Waals surface area contributed by atoms with Gasteiger partial charge in [-0.15, -0.1) is 0 Å². The Morgan fingerprint density at radius 3 is 2.67 bits per heavy atom. The Bertz CT molecular complexity index is 597. The number of amides is 1. The number of hydrogen-bond donors (Lipinski definition) is 0. The average molecular weight is 287 g/mol. The van der Waals surface area contributed by atoms with Crippen LogP contribution in [0.2, 0.25) is 0 Å². The molecule has 2 rings (SSSR count). The minimum Gasteiger partial charge on any atom is -0.484 e. The number of fused-ring (bicyclic) bond motifs is 1. The molecule has 0 radical (unpaired) electrons. The van der Waals surface area contributed by atoms with E-state index in [4.69, 9.17) is 9.47 Å². The third-order valence-electron chi connectivity index (χ3n) is 3.35. The quantitative estimate of drug-likeness (QED) is 0.735. The van der Waals surface area contributed by atoms with Crippen LogP contribution in [0.1, 0.15) is 6.42 Å². The van der Waals surface area contributed by atoms with Crippen LogP contribution in [-0.4, -0.2) is 44.7 Å². The molecule has 0 saturated carbocycles. The highest BCUT2D eigenvalue weighted by atomic mass is 16.5. The molecule has 0 bridgehead atoms. The predicted octanol–water partition coefficient (Wildman–Crippen LogP) is 2.71. The maximum atomic E-state index is 11.9. The highest BCUT2D eigenvalue weighted by Crippen LogP contribution is 2.20. The Morgan fingerprint density at radius 1 is 1.14 bits per heavy atom. The number of likely N-dealkylation sites (N-methyl/N-ethyl adjacent to an activating group) is 1. The van der Waals surface area contributed by atoms with Gasteiger partial charge >= 0.3 is 0 Å². The van der Waals surface area contributed by atoms with Crippen molar-refractivity contribution in [3.63, 3.8) is 0 Å². The molecule has 0 fully saturated rings. The van der Waals surface area contributed by atoms with Gasteiger partial charge in [-0.1, -0.05) is 30.3 Å². The zero-order valence-corrected chi connectivity index (χ0v) is 12.5. The van der Waals surface area contributed by atoms with Crippen molar-refractivity contribution in [2.75, 3.05) is 33.9 Å². The number of ether oxygens (including phenoxy) is 2. The highest BCUT2D eigenvalue weighted by Gasteiger charge is 2.09. The Morgan fingerprint density at radius 2 is 1.90 bits per heavy atom. The number of carbonyl (C=O) groups excluding carboxylic acids is 1. The zero-order valence-electron chi connectivity index (χ0n) is 12.5. The number of rotatable bonds is 7. The molecule has 0 saturated heterocycles.